The largest absolute Gasteiger partial charge is 0.338 e. The molecule has 0 aliphatic carbocycles. The van der Waals surface area contributed by atoms with Crippen LogP contribution in [0.4, 0.5) is 19.3 Å². The molecule has 0 fully saturated rings. The maximum Gasteiger partial charge on any atom is 0.319 e. The van der Waals surface area contributed by atoms with E-state index in [0.717, 1.165) is 6.07 Å². The molecule has 0 bridgehead atoms. The Morgan fingerprint density at radius 1 is 1.19 bits per heavy atom. The molecule has 7 nitrogen and oxygen atoms in total. The number of carbonyl (C=O) groups excluding carboxylic acids is 1. The number of rotatable bonds is 5. The van der Waals surface area contributed by atoms with Crippen LogP contribution in [0.1, 0.15) is 11.4 Å². The van der Waals surface area contributed by atoms with E-state index in [9.17, 15) is 13.6 Å². The zero-order valence-corrected chi connectivity index (χ0v) is 13.9. The normalized spacial score (nSPS) is 10.6. The molecule has 1 aromatic heterocycles. The van der Waals surface area contributed by atoms with E-state index in [1.54, 1.807) is 31.2 Å². The van der Waals surface area contributed by atoms with Crippen molar-refractivity contribution in [2.75, 3.05) is 11.9 Å². The van der Waals surface area contributed by atoms with Crippen molar-refractivity contribution in [3.8, 4) is 5.69 Å². The number of nitrogens with one attached hydrogen (secondary N) is 2. The second-order valence-corrected chi connectivity index (χ2v) is 5.53. The van der Waals surface area contributed by atoms with Gasteiger partial charge < -0.3 is 10.6 Å². The number of benzene rings is 2. The third kappa shape index (κ3) is 4.00. The van der Waals surface area contributed by atoms with E-state index in [1.165, 1.54) is 16.8 Å². The molecule has 0 radical (unpaired) electrons. The maximum atomic E-state index is 13.6. The Morgan fingerprint density at radius 2 is 2.00 bits per heavy atom. The Labute approximate surface area is 148 Å². The lowest BCUT2D eigenvalue weighted by Crippen LogP contribution is -2.30. The molecular weight excluding hydrogens is 342 g/mol. The van der Waals surface area contributed by atoms with Gasteiger partial charge in [-0.3, -0.25) is 0 Å². The average Bonchev–Trinajstić information content (AvgIpc) is 3.05. The summed E-state index contributed by atoms with van der Waals surface area (Å²) in [7, 11) is 0. The van der Waals surface area contributed by atoms with Gasteiger partial charge >= 0.3 is 6.03 Å². The number of urea groups is 1. The van der Waals surface area contributed by atoms with E-state index in [0.29, 0.717) is 17.2 Å². The maximum absolute atomic E-state index is 13.6. The van der Waals surface area contributed by atoms with Crippen LogP contribution in [0.15, 0.2) is 42.5 Å². The van der Waals surface area contributed by atoms with Crippen LogP contribution in [0.25, 0.3) is 5.69 Å². The lowest BCUT2D eigenvalue weighted by atomic mass is 10.1. The molecule has 0 aliphatic heterocycles. The van der Waals surface area contributed by atoms with Crippen LogP contribution in [0, 0.1) is 18.6 Å². The van der Waals surface area contributed by atoms with E-state index in [-0.39, 0.29) is 18.5 Å². The first kappa shape index (κ1) is 17.5. The van der Waals surface area contributed by atoms with Crippen LogP contribution >= 0.6 is 0 Å². The van der Waals surface area contributed by atoms with Gasteiger partial charge in [-0.1, -0.05) is 18.2 Å². The molecule has 0 unspecified atom stereocenters. The number of nitrogens with zero attached hydrogens (tertiary/aromatic N) is 4. The number of hydrogen-bond donors (Lipinski definition) is 2. The molecule has 9 heteroatoms. The summed E-state index contributed by atoms with van der Waals surface area (Å²) in [5.41, 5.74) is 1.46. The van der Waals surface area contributed by atoms with Crippen molar-refractivity contribution in [3.05, 3.63) is 65.5 Å². The molecule has 0 atom stereocenters. The second kappa shape index (κ2) is 7.68. The van der Waals surface area contributed by atoms with Gasteiger partial charge in [0.15, 0.2) is 17.5 Å². The fourth-order valence-electron chi connectivity index (χ4n) is 2.41. The number of tetrazole rings is 1. The highest BCUT2D eigenvalue weighted by Gasteiger charge is 2.09. The summed E-state index contributed by atoms with van der Waals surface area (Å²) >= 11 is 0. The molecule has 134 valence electrons. The minimum absolute atomic E-state index is 0.165. The van der Waals surface area contributed by atoms with Crippen molar-refractivity contribution >= 4 is 11.7 Å². The second-order valence-electron chi connectivity index (χ2n) is 5.53. The Bertz CT molecular complexity index is 927. The number of amides is 2. The molecule has 3 aromatic rings. The van der Waals surface area contributed by atoms with Gasteiger partial charge in [-0.2, -0.15) is 4.68 Å². The molecule has 2 amide bonds. The molecule has 3 rings (SSSR count). The van der Waals surface area contributed by atoms with Crippen molar-refractivity contribution in [1.82, 2.24) is 25.5 Å². The monoisotopic (exact) mass is 358 g/mol. The fraction of sp³-hybridized carbons (Fsp3) is 0.176. The standard InChI is InChI=1S/C17H16F2N6O/c1-11-22-23-24-25(11)14-6-3-5-13(10-14)21-17(26)20-9-8-12-4-2-7-15(18)16(12)19/h2-7,10H,8-9H2,1H3,(H2,20,21,26). The summed E-state index contributed by atoms with van der Waals surface area (Å²) in [6, 6.07) is 10.5. The Morgan fingerprint density at radius 3 is 2.77 bits per heavy atom. The Balaban J connectivity index is 1.57. The highest BCUT2D eigenvalue weighted by atomic mass is 19.2. The molecule has 2 aromatic carbocycles. The minimum atomic E-state index is -0.901. The van der Waals surface area contributed by atoms with Crippen molar-refractivity contribution in [1.29, 1.82) is 0 Å². The quantitative estimate of drug-likeness (QED) is 0.734. The SMILES string of the molecule is Cc1nnnn1-c1cccc(NC(=O)NCCc2cccc(F)c2F)c1. The summed E-state index contributed by atoms with van der Waals surface area (Å²) < 4.78 is 28.2. The van der Waals surface area contributed by atoms with Gasteiger partial charge in [-0.05, 0) is 53.6 Å². The Hall–Kier alpha value is -3.36. The third-order valence-corrected chi connectivity index (χ3v) is 3.69. The van der Waals surface area contributed by atoms with Gasteiger partial charge in [0, 0.05) is 12.2 Å². The van der Waals surface area contributed by atoms with Gasteiger partial charge in [0.1, 0.15) is 0 Å². The lowest BCUT2D eigenvalue weighted by Gasteiger charge is -2.10. The van der Waals surface area contributed by atoms with E-state index >= 15 is 0 Å². The number of aromatic nitrogens is 4. The number of halogens is 2. The molecule has 2 N–H and O–H groups in total. The lowest BCUT2D eigenvalue weighted by molar-refractivity contribution is 0.252. The van der Waals surface area contributed by atoms with Crippen LogP contribution in [-0.2, 0) is 6.42 Å². The van der Waals surface area contributed by atoms with Crippen molar-refractivity contribution in [2.24, 2.45) is 0 Å². The molecule has 0 aliphatic rings. The van der Waals surface area contributed by atoms with Gasteiger partial charge in [0.25, 0.3) is 0 Å². The third-order valence-electron chi connectivity index (χ3n) is 3.69. The van der Waals surface area contributed by atoms with Gasteiger partial charge in [0.05, 0.1) is 5.69 Å². The first-order chi connectivity index (χ1) is 12.5. The van der Waals surface area contributed by atoms with Crippen LogP contribution in [0.5, 0.6) is 0 Å². The predicted molar refractivity (Wildman–Crippen MR) is 91.0 cm³/mol. The number of aryl methyl sites for hydroxylation is 1. The first-order valence-corrected chi connectivity index (χ1v) is 7.88. The molecule has 0 saturated carbocycles. The molecule has 1 heterocycles. The van der Waals surface area contributed by atoms with E-state index in [2.05, 4.69) is 26.2 Å². The minimum Gasteiger partial charge on any atom is -0.338 e. The van der Waals surface area contributed by atoms with E-state index < -0.39 is 17.7 Å². The summed E-state index contributed by atoms with van der Waals surface area (Å²) in [6.07, 6.45) is 0.181. The van der Waals surface area contributed by atoms with Gasteiger partial charge in [-0.15, -0.1) is 5.10 Å². The van der Waals surface area contributed by atoms with Crippen LogP contribution in [0.2, 0.25) is 0 Å². The molecule has 0 spiro atoms. The van der Waals surface area contributed by atoms with Crippen molar-refractivity contribution in [2.45, 2.75) is 13.3 Å². The zero-order valence-electron chi connectivity index (χ0n) is 13.9. The number of carbonyl (C=O) groups is 1. The van der Waals surface area contributed by atoms with Gasteiger partial charge in [0.2, 0.25) is 0 Å². The number of hydrogen-bond acceptors (Lipinski definition) is 4. The van der Waals surface area contributed by atoms with Crippen LogP contribution in [-0.4, -0.2) is 32.8 Å². The molecule has 26 heavy (non-hydrogen) atoms. The van der Waals surface area contributed by atoms with E-state index in [4.69, 9.17) is 0 Å². The summed E-state index contributed by atoms with van der Waals surface area (Å²) in [5.74, 6) is -1.18. The summed E-state index contributed by atoms with van der Waals surface area (Å²) in [4.78, 5) is 12.0. The van der Waals surface area contributed by atoms with E-state index in [1.807, 2.05) is 0 Å². The summed E-state index contributed by atoms with van der Waals surface area (Å²) in [5, 5.41) is 16.5. The average molecular weight is 358 g/mol. The molecule has 0 saturated heterocycles. The Kier molecular flexibility index (Phi) is 5.16. The highest BCUT2D eigenvalue weighted by molar-refractivity contribution is 5.89. The van der Waals surface area contributed by atoms with Crippen LogP contribution < -0.4 is 10.6 Å². The first-order valence-electron chi connectivity index (χ1n) is 7.88. The predicted octanol–water partition coefficient (Wildman–Crippen LogP) is 2.61. The zero-order chi connectivity index (χ0) is 18.5. The van der Waals surface area contributed by atoms with Crippen LogP contribution in [0.3, 0.4) is 0 Å². The molecular formula is C17H16F2N6O. The van der Waals surface area contributed by atoms with Gasteiger partial charge in [-0.25, -0.2) is 13.6 Å². The fourth-order valence-corrected chi connectivity index (χ4v) is 2.41. The van der Waals surface area contributed by atoms with Crippen molar-refractivity contribution in [3.63, 3.8) is 0 Å². The highest BCUT2D eigenvalue weighted by Crippen LogP contribution is 2.15. The smallest absolute Gasteiger partial charge is 0.319 e. The number of anilines is 1. The summed E-state index contributed by atoms with van der Waals surface area (Å²) in [6.45, 7) is 1.93. The topological polar surface area (TPSA) is 84.7 Å². The van der Waals surface area contributed by atoms with Crippen molar-refractivity contribution < 1.29 is 13.6 Å².